The molecule has 0 bridgehead atoms. The second-order valence-corrected chi connectivity index (χ2v) is 7.10. The van der Waals surface area contributed by atoms with Gasteiger partial charge >= 0.3 is 0 Å². The summed E-state index contributed by atoms with van der Waals surface area (Å²) in [6.45, 7) is 7.33. The lowest BCUT2D eigenvalue weighted by molar-refractivity contribution is 0.621. The molecule has 0 radical (unpaired) electrons. The highest BCUT2D eigenvalue weighted by atomic mass is 19.1. The molecule has 134 valence electrons. The van der Waals surface area contributed by atoms with E-state index in [4.69, 9.17) is 6.42 Å². The Balaban J connectivity index is 2.04. The van der Waals surface area contributed by atoms with Crippen molar-refractivity contribution in [2.24, 2.45) is 5.92 Å². The first-order valence-electron chi connectivity index (χ1n) is 9.34. The average Bonchev–Trinajstić information content (AvgIpc) is 2.92. The van der Waals surface area contributed by atoms with Crippen LogP contribution < -0.4 is 0 Å². The van der Waals surface area contributed by atoms with Crippen molar-refractivity contribution in [2.75, 3.05) is 0 Å². The van der Waals surface area contributed by atoms with Gasteiger partial charge in [0.15, 0.2) is 0 Å². The molecule has 0 fully saturated rings. The first kappa shape index (κ1) is 18.3. The molecule has 2 aromatic carbocycles. The van der Waals surface area contributed by atoms with Crippen molar-refractivity contribution in [3.8, 4) is 12.3 Å². The molecule has 0 aliphatic heterocycles. The summed E-state index contributed by atoms with van der Waals surface area (Å²) in [6.07, 6.45) is 8.42. The SMILES string of the molecule is C#CC(C)Cc1c(CC)c2cc(C)ccc2n1CCc1ccc(F)cc1. The van der Waals surface area contributed by atoms with Crippen molar-refractivity contribution >= 4 is 10.9 Å². The van der Waals surface area contributed by atoms with Crippen LogP contribution in [0.15, 0.2) is 42.5 Å². The van der Waals surface area contributed by atoms with Gasteiger partial charge in [0.2, 0.25) is 0 Å². The number of fused-ring (bicyclic) bond motifs is 1. The smallest absolute Gasteiger partial charge is 0.123 e. The van der Waals surface area contributed by atoms with Gasteiger partial charge in [-0.25, -0.2) is 4.39 Å². The van der Waals surface area contributed by atoms with Crippen LogP contribution in [0.5, 0.6) is 0 Å². The number of halogens is 1. The van der Waals surface area contributed by atoms with E-state index >= 15 is 0 Å². The second kappa shape index (κ2) is 7.79. The van der Waals surface area contributed by atoms with E-state index in [1.54, 1.807) is 0 Å². The number of nitrogens with zero attached hydrogens (tertiary/aromatic N) is 1. The topological polar surface area (TPSA) is 4.93 Å². The van der Waals surface area contributed by atoms with E-state index in [-0.39, 0.29) is 11.7 Å². The highest BCUT2D eigenvalue weighted by Crippen LogP contribution is 2.30. The van der Waals surface area contributed by atoms with Gasteiger partial charge < -0.3 is 4.57 Å². The standard InChI is InChI=1S/C24H26FN/c1-5-17(3)16-24-21(6-2)22-15-18(4)7-12-23(22)26(24)14-13-19-8-10-20(25)11-9-19/h1,7-12,15,17H,6,13-14,16H2,2-4H3. The Hall–Kier alpha value is -2.53. The van der Waals surface area contributed by atoms with E-state index < -0.39 is 0 Å². The lowest BCUT2D eigenvalue weighted by Gasteiger charge is -2.14. The zero-order valence-corrected chi connectivity index (χ0v) is 15.8. The van der Waals surface area contributed by atoms with E-state index in [9.17, 15) is 4.39 Å². The molecule has 1 atom stereocenters. The number of aromatic nitrogens is 1. The Bertz CT molecular complexity index is 941. The molecule has 0 spiro atoms. The van der Waals surface area contributed by atoms with Gasteiger partial charge in [0.05, 0.1) is 0 Å². The predicted octanol–water partition coefficient (Wildman–Crippen LogP) is 5.71. The Labute approximate surface area is 155 Å². The lowest BCUT2D eigenvalue weighted by Crippen LogP contribution is -2.10. The van der Waals surface area contributed by atoms with Gasteiger partial charge in [-0.1, -0.05) is 37.6 Å². The van der Waals surface area contributed by atoms with E-state index in [0.717, 1.165) is 31.4 Å². The maximum atomic E-state index is 13.2. The maximum Gasteiger partial charge on any atom is 0.123 e. The van der Waals surface area contributed by atoms with E-state index in [0.29, 0.717) is 0 Å². The molecule has 2 heteroatoms. The van der Waals surface area contributed by atoms with Gasteiger partial charge in [0, 0.05) is 35.5 Å². The number of benzene rings is 2. The van der Waals surface area contributed by atoms with Crippen LogP contribution in [0.2, 0.25) is 0 Å². The normalized spacial score (nSPS) is 12.3. The van der Waals surface area contributed by atoms with Gasteiger partial charge in [0.25, 0.3) is 0 Å². The minimum Gasteiger partial charge on any atom is -0.344 e. The molecule has 3 rings (SSSR count). The van der Waals surface area contributed by atoms with Gasteiger partial charge in [0.1, 0.15) is 5.82 Å². The van der Waals surface area contributed by atoms with Crippen LogP contribution in [0.25, 0.3) is 10.9 Å². The van der Waals surface area contributed by atoms with Gasteiger partial charge in [-0.2, -0.15) is 0 Å². The molecule has 0 aliphatic rings. The van der Waals surface area contributed by atoms with Crippen LogP contribution in [0.3, 0.4) is 0 Å². The number of rotatable bonds is 6. The Kier molecular flexibility index (Phi) is 5.47. The molecule has 1 unspecified atom stereocenters. The molecule has 26 heavy (non-hydrogen) atoms. The number of terminal acetylenes is 1. The van der Waals surface area contributed by atoms with Crippen molar-refractivity contribution in [1.29, 1.82) is 0 Å². The molecule has 0 N–H and O–H groups in total. The quantitative estimate of drug-likeness (QED) is 0.504. The van der Waals surface area contributed by atoms with Crippen LogP contribution in [-0.2, 0) is 25.8 Å². The molecule has 1 nitrogen and oxygen atoms in total. The van der Waals surface area contributed by atoms with E-state index in [1.165, 1.54) is 39.9 Å². The number of aryl methyl sites for hydroxylation is 4. The highest BCUT2D eigenvalue weighted by molar-refractivity contribution is 5.86. The van der Waals surface area contributed by atoms with Crippen molar-refractivity contribution in [3.63, 3.8) is 0 Å². The summed E-state index contributed by atoms with van der Waals surface area (Å²) in [4.78, 5) is 0. The van der Waals surface area contributed by atoms with Gasteiger partial charge in [-0.3, -0.25) is 0 Å². The molecule has 1 heterocycles. The van der Waals surface area contributed by atoms with Crippen LogP contribution in [-0.4, -0.2) is 4.57 Å². The van der Waals surface area contributed by atoms with E-state index in [1.807, 2.05) is 12.1 Å². The maximum absolute atomic E-state index is 13.2. The summed E-state index contributed by atoms with van der Waals surface area (Å²) in [7, 11) is 0. The third-order valence-corrected chi connectivity index (χ3v) is 5.12. The highest BCUT2D eigenvalue weighted by Gasteiger charge is 2.17. The number of hydrogen-bond donors (Lipinski definition) is 0. The minimum atomic E-state index is -0.188. The first-order valence-corrected chi connectivity index (χ1v) is 9.34. The van der Waals surface area contributed by atoms with Crippen molar-refractivity contribution in [1.82, 2.24) is 4.57 Å². The third kappa shape index (κ3) is 3.68. The van der Waals surface area contributed by atoms with Gasteiger partial charge in [-0.15, -0.1) is 12.3 Å². The molecular weight excluding hydrogens is 321 g/mol. The summed E-state index contributed by atoms with van der Waals surface area (Å²) < 4.78 is 15.6. The van der Waals surface area contributed by atoms with Crippen LogP contribution in [0, 0.1) is 31.0 Å². The molecular formula is C24H26FN. The zero-order chi connectivity index (χ0) is 18.7. The van der Waals surface area contributed by atoms with Crippen molar-refractivity contribution in [3.05, 3.63) is 70.7 Å². The van der Waals surface area contributed by atoms with Crippen LogP contribution in [0.1, 0.15) is 36.2 Å². The molecule has 0 aliphatic carbocycles. The summed E-state index contributed by atoms with van der Waals surface area (Å²) in [5.41, 5.74) is 6.45. The zero-order valence-electron chi connectivity index (χ0n) is 15.8. The first-order chi connectivity index (χ1) is 12.5. The van der Waals surface area contributed by atoms with Crippen molar-refractivity contribution in [2.45, 2.75) is 46.6 Å². The summed E-state index contributed by atoms with van der Waals surface area (Å²) in [6, 6.07) is 13.5. The second-order valence-electron chi connectivity index (χ2n) is 7.10. The fraction of sp³-hybridized carbons (Fsp3) is 0.333. The van der Waals surface area contributed by atoms with Crippen LogP contribution in [0.4, 0.5) is 4.39 Å². The number of hydrogen-bond acceptors (Lipinski definition) is 0. The van der Waals surface area contributed by atoms with Crippen molar-refractivity contribution < 1.29 is 4.39 Å². The molecule has 0 saturated heterocycles. The fourth-order valence-corrected chi connectivity index (χ4v) is 3.71. The monoisotopic (exact) mass is 347 g/mol. The predicted molar refractivity (Wildman–Crippen MR) is 108 cm³/mol. The molecule has 1 aromatic heterocycles. The Morgan fingerprint density at radius 3 is 2.54 bits per heavy atom. The van der Waals surface area contributed by atoms with Crippen LogP contribution >= 0.6 is 0 Å². The summed E-state index contributed by atoms with van der Waals surface area (Å²) in [5.74, 6) is 2.89. The molecule has 0 amide bonds. The summed E-state index contributed by atoms with van der Waals surface area (Å²) in [5, 5.41) is 1.34. The Morgan fingerprint density at radius 1 is 1.15 bits per heavy atom. The fourth-order valence-electron chi connectivity index (χ4n) is 3.71. The van der Waals surface area contributed by atoms with E-state index in [2.05, 4.69) is 49.5 Å². The molecule has 3 aromatic rings. The summed E-state index contributed by atoms with van der Waals surface area (Å²) >= 11 is 0. The lowest BCUT2D eigenvalue weighted by atomic mass is 10.00. The third-order valence-electron chi connectivity index (χ3n) is 5.12. The minimum absolute atomic E-state index is 0.188. The average molecular weight is 347 g/mol. The molecule has 0 saturated carbocycles. The van der Waals surface area contributed by atoms with Gasteiger partial charge in [-0.05, 0) is 55.2 Å². The largest absolute Gasteiger partial charge is 0.344 e. The Morgan fingerprint density at radius 2 is 1.88 bits per heavy atom.